The summed E-state index contributed by atoms with van der Waals surface area (Å²) in [5.74, 6) is -0.327. The van der Waals surface area contributed by atoms with E-state index in [4.69, 9.17) is 5.11 Å². The quantitative estimate of drug-likeness (QED) is 0.606. The highest BCUT2D eigenvalue weighted by Gasteiger charge is 2.18. The molecule has 0 aromatic heterocycles. The van der Waals surface area contributed by atoms with Crippen molar-refractivity contribution in [2.45, 2.75) is 32.7 Å². The topological polar surface area (TPSA) is 92.5 Å². The Balaban J connectivity index is 2.83. The zero-order valence-corrected chi connectivity index (χ0v) is 11.0. The lowest BCUT2D eigenvalue weighted by atomic mass is 10.1. The smallest absolute Gasteiger partial charge is 0.273 e. The van der Waals surface area contributed by atoms with Gasteiger partial charge in [-0.2, -0.15) is 0 Å². The first kappa shape index (κ1) is 15.1. The first-order valence-electron chi connectivity index (χ1n) is 6.13. The number of carbonyl (C=O) groups is 1. The molecule has 104 valence electrons. The van der Waals surface area contributed by atoms with Gasteiger partial charge in [-0.1, -0.05) is 6.07 Å². The van der Waals surface area contributed by atoms with E-state index in [9.17, 15) is 14.9 Å². The fourth-order valence-electron chi connectivity index (χ4n) is 1.84. The zero-order chi connectivity index (χ0) is 14.4. The zero-order valence-electron chi connectivity index (χ0n) is 11.0. The summed E-state index contributed by atoms with van der Waals surface area (Å²) < 4.78 is 0. The van der Waals surface area contributed by atoms with Crippen LogP contribution in [-0.2, 0) is 0 Å². The van der Waals surface area contributed by atoms with Gasteiger partial charge in [0.15, 0.2) is 0 Å². The van der Waals surface area contributed by atoms with E-state index in [1.165, 1.54) is 12.1 Å². The average Bonchev–Trinajstić information content (AvgIpc) is 2.36. The number of nitro benzene ring substituents is 1. The van der Waals surface area contributed by atoms with E-state index in [1.54, 1.807) is 13.0 Å². The second-order valence-electron chi connectivity index (χ2n) is 4.45. The summed E-state index contributed by atoms with van der Waals surface area (Å²) in [6, 6.07) is 4.36. The number of carbonyl (C=O) groups excluding carboxylic acids is 1. The highest BCUT2D eigenvalue weighted by atomic mass is 16.6. The molecule has 19 heavy (non-hydrogen) atoms. The maximum Gasteiger partial charge on any atom is 0.273 e. The summed E-state index contributed by atoms with van der Waals surface area (Å²) in [5.41, 5.74) is 0.611. The Labute approximate surface area is 111 Å². The van der Waals surface area contributed by atoms with Gasteiger partial charge >= 0.3 is 0 Å². The van der Waals surface area contributed by atoms with Crippen LogP contribution >= 0.6 is 0 Å². The van der Waals surface area contributed by atoms with Gasteiger partial charge in [0.25, 0.3) is 11.6 Å². The van der Waals surface area contributed by atoms with Gasteiger partial charge < -0.3 is 10.4 Å². The van der Waals surface area contributed by atoms with Crippen LogP contribution in [-0.4, -0.2) is 28.6 Å². The Hall–Kier alpha value is -1.95. The van der Waals surface area contributed by atoms with Crippen molar-refractivity contribution >= 4 is 11.6 Å². The van der Waals surface area contributed by atoms with E-state index in [0.29, 0.717) is 24.0 Å². The van der Waals surface area contributed by atoms with Crippen molar-refractivity contribution in [1.29, 1.82) is 0 Å². The van der Waals surface area contributed by atoms with Crippen molar-refractivity contribution in [2.75, 3.05) is 6.61 Å². The van der Waals surface area contributed by atoms with Crippen LogP contribution in [0.15, 0.2) is 18.2 Å². The minimum absolute atomic E-state index is 0.0596. The molecule has 0 heterocycles. The molecule has 6 nitrogen and oxygen atoms in total. The SMILES string of the molecule is Cc1c(C(=O)NC(C)CCCO)cccc1[N+](=O)[O-]. The van der Waals surface area contributed by atoms with Crippen LogP contribution in [0.1, 0.15) is 35.7 Å². The Morgan fingerprint density at radius 2 is 2.21 bits per heavy atom. The maximum absolute atomic E-state index is 12.0. The van der Waals surface area contributed by atoms with Crippen molar-refractivity contribution in [3.8, 4) is 0 Å². The summed E-state index contributed by atoms with van der Waals surface area (Å²) in [6.07, 6.45) is 1.27. The second kappa shape index (κ2) is 6.84. The lowest BCUT2D eigenvalue weighted by Crippen LogP contribution is -2.33. The lowest BCUT2D eigenvalue weighted by Gasteiger charge is -2.14. The van der Waals surface area contributed by atoms with Crippen LogP contribution in [0.2, 0.25) is 0 Å². The molecule has 0 radical (unpaired) electrons. The third-order valence-corrected chi connectivity index (χ3v) is 2.92. The molecular formula is C13H18N2O4. The number of nitro groups is 1. The number of aliphatic hydroxyl groups excluding tert-OH is 1. The Bertz CT molecular complexity index is 474. The van der Waals surface area contributed by atoms with Gasteiger partial charge in [-0.3, -0.25) is 14.9 Å². The molecule has 1 amide bonds. The molecule has 0 aliphatic rings. The number of rotatable bonds is 6. The molecule has 1 aromatic rings. The molecule has 2 N–H and O–H groups in total. The summed E-state index contributed by atoms with van der Waals surface area (Å²) in [4.78, 5) is 22.3. The van der Waals surface area contributed by atoms with Gasteiger partial charge in [-0.15, -0.1) is 0 Å². The first-order valence-corrected chi connectivity index (χ1v) is 6.13. The fraction of sp³-hybridized carbons (Fsp3) is 0.462. The average molecular weight is 266 g/mol. The minimum Gasteiger partial charge on any atom is -0.396 e. The van der Waals surface area contributed by atoms with Crippen LogP contribution < -0.4 is 5.32 Å². The van der Waals surface area contributed by atoms with E-state index in [-0.39, 0.29) is 24.2 Å². The third kappa shape index (κ3) is 4.03. The summed E-state index contributed by atoms with van der Waals surface area (Å²) in [6.45, 7) is 3.47. The van der Waals surface area contributed by atoms with Crippen molar-refractivity contribution in [2.24, 2.45) is 0 Å². The molecule has 0 aliphatic carbocycles. The number of amides is 1. The number of hydrogen-bond donors (Lipinski definition) is 2. The van der Waals surface area contributed by atoms with Gasteiger partial charge in [0.05, 0.1) is 4.92 Å². The Kier molecular flexibility index (Phi) is 5.44. The molecule has 1 unspecified atom stereocenters. The van der Waals surface area contributed by atoms with Crippen LogP contribution in [0.4, 0.5) is 5.69 Å². The third-order valence-electron chi connectivity index (χ3n) is 2.92. The Morgan fingerprint density at radius 1 is 1.53 bits per heavy atom. The summed E-state index contributed by atoms with van der Waals surface area (Å²) in [5, 5.41) is 22.3. The summed E-state index contributed by atoms with van der Waals surface area (Å²) in [7, 11) is 0. The van der Waals surface area contributed by atoms with Crippen molar-refractivity contribution in [3.05, 3.63) is 39.4 Å². The Morgan fingerprint density at radius 3 is 2.79 bits per heavy atom. The molecule has 0 spiro atoms. The van der Waals surface area contributed by atoms with E-state index < -0.39 is 4.92 Å². The molecule has 1 aromatic carbocycles. The van der Waals surface area contributed by atoms with Crippen molar-refractivity contribution in [1.82, 2.24) is 5.32 Å². The molecule has 0 bridgehead atoms. The molecule has 1 rings (SSSR count). The van der Waals surface area contributed by atoms with E-state index in [1.807, 2.05) is 6.92 Å². The van der Waals surface area contributed by atoms with Gasteiger partial charge in [-0.05, 0) is 32.8 Å². The van der Waals surface area contributed by atoms with Crippen LogP contribution in [0, 0.1) is 17.0 Å². The molecule has 0 fully saturated rings. The standard InChI is InChI=1S/C13H18N2O4/c1-9(5-4-8-16)14-13(17)11-6-3-7-12(10(11)2)15(18)19/h3,6-7,9,16H,4-5,8H2,1-2H3,(H,14,17). The lowest BCUT2D eigenvalue weighted by molar-refractivity contribution is -0.385. The van der Waals surface area contributed by atoms with Gasteiger partial charge in [-0.25, -0.2) is 0 Å². The molecular weight excluding hydrogens is 248 g/mol. The second-order valence-corrected chi connectivity index (χ2v) is 4.45. The molecule has 6 heteroatoms. The predicted molar refractivity (Wildman–Crippen MR) is 71.1 cm³/mol. The van der Waals surface area contributed by atoms with E-state index in [0.717, 1.165) is 0 Å². The highest BCUT2D eigenvalue weighted by Crippen LogP contribution is 2.21. The highest BCUT2D eigenvalue weighted by molar-refractivity contribution is 5.96. The molecule has 0 saturated carbocycles. The van der Waals surface area contributed by atoms with Gasteiger partial charge in [0, 0.05) is 29.8 Å². The van der Waals surface area contributed by atoms with E-state index in [2.05, 4.69) is 5.32 Å². The van der Waals surface area contributed by atoms with E-state index >= 15 is 0 Å². The van der Waals surface area contributed by atoms with Crippen LogP contribution in [0.25, 0.3) is 0 Å². The molecule has 0 saturated heterocycles. The largest absolute Gasteiger partial charge is 0.396 e. The summed E-state index contributed by atoms with van der Waals surface area (Å²) >= 11 is 0. The number of nitrogens with one attached hydrogen (secondary N) is 1. The van der Waals surface area contributed by atoms with Gasteiger partial charge in [0.1, 0.15) is 0 Å². The number of hydrogen-bond acceptors (Lipinski definition) is 4. The fourth-order valence-corrected chi connectivity index (χ4v) is 1.84. The number of benzene rings is 1. The normalized spacial score (nSPS) is 11.9. The predicted octanol–water partition coefficient (Wildman–Crippen LogP) is 1.79. The number of nitrogens with zero attached hydrogens (tertiary/aromatic N) is 1. The molecule has 1 atom stereocenters. The number of aliphatic hydroxyl groups is 1. The maximum atomic E-state index is 12.0. The van der Waals surface area contributed by atoms with Gasteiger partial charge in [0.2, 0.25) is 0 Å². The van der Waals surface area contributed by atoms with Crippen molar-refractivity contribution < 1.29 is 14.8 Å². The first-order chi connectivity index (χ1) is 8.97. The van der Waals surface area contributed by atoms with Crippen LogP contribution in [0.3, 0.4) is 0 Å². The minimum atomic E-state index is -0.499. The molecule has 0 aliphatic heterocycles. The monoisotopic (exact) mass is 266 g/mol. The van der Waals surface area contributed by atoms with Crippen LogP contribution in [0.5, 0.6) is 0 Å². The van der Waals surface area contributed by atoms with Crippen molar-refractivity contribution in [3.63, 3.8) is 0 Å².